The molecule has 0 aromatic heterocycles. The van der Waals surface area contributed by atoms with Crippen molar-refractivity contribution in [3.05, 3.63) is 35.9 Å². The van der Waals surface area contributed by atoms with E-state index in [1.807, 2.05) is 30.3 Å². The third-order valence-electron chi connectivity index (χ3n) is 4.13. The van der Waals surface area contributed by atoms with Crippen LogP contribution in [0.4, 0.5) is 0 Å². The fourth-order valence-corrected chi connectivity index (χ4v) is 2.92. The van der Waals surface area contributed by atoms with Crippen LogP contribution in [0.5, 0.6) is 0 Å². The van der Waals surface area contributed by atoms with Gasteiger partial charge in [0.05, 0.1) is 17.7 Å². The van der Waals surface area contributed by atoms with Crippen molar-refractivity contribution in [3.8, 4) is 0 Å². The summed E-state index contributed by atoms with van der Waals surface area (Å²) in [5.74, 6) is 0.130. The summed E-state index contributed by atoms with van der Waals surface area (Å²) in [6, 6.07) is 9.92. The van der Waals surface area contributed by atoms with Crippen molar-refractivity contribution in [1.82, 2.24) is 4.90 Å². The standard InChI is InChI=1S/C14H16N2O2/c17-13-14(7-4-8-14)12(15-18)10-16(13)9-11-5-2-1-3-6-11/h1-3,5-6,18H,4,7-10H2/b15-12+. The van der Waals surface area contributed by atoms with E-state index in [1.54, 1.807) is 4.90 Å². The van der Waals surface area contributed by atoms with Gasteiger partial charge in [-0.25, -0.2) is 0 Å². The predicted octanol–water partition coefficient (Wildman–Crippen LogP) is 2.03. The monoisotopic (exact) mass is 244 g/mol. The van der Waals surface area contributed by atoms with Gasteiger partial charge in [0.1, 0.15) is 0 Å². The van der Waals surface area contributed by atoms with Gasteiger partial charge in [0.2, 0.25) is 5.91 Å². The molecule has 1 aliphatic heterocycles. The lowest BCUT2D eigenvalue weighted by Gasteiger charge is -2.35. The maximum atomic E-state index is 12.4. The lowest BCUT2D eigenvalue weighted by Crippen LogP contribution is -2.42. The van der Waals surface area contributed by atoms with E-state index < -0.39 is 5.41 Å². The van der Waals surface area contributed by atoms with Crippen LogP contribution in [0.1, 0.15) is 24.8 Å². The predicted molar refractivity (Wildman–Crippen MR) is 67.4 cm³/mol. The highest BCUT2D eigenvalue weighted by Gasteiger charge is 2.55. The first-order valence-electron chi connectivity index (χ1n) is 6.31. The number of hydrogen-bond donors (Lipinski definition) is 1. The highest BCUT2D eigenvalue weighted by molar-refractivity contribution is 6.15. The summed E-state index contributed by atoms with van der Waals surface area (Å²) >= 11 is 0. The number of nitrogens with zero attached hydrogens (tertiary/aromatic N) is 2. The normalized spacial score (nSPS) is 23.7. The van der Waals surface area contributed by atoms with Gasteiger partial charge in [-0.2, -0.15) is 0 Å². The molecule has 94 valence electrons. The molecular weight excluding hydrogens is 228 g/mol. The molecule has 4 heteroatoms. The Labute approximate surface area is 106 Å². The lowest BCUT2D eigenvalue weighted by molar-refractivity contribution is -0.138. The molecule has 1 saturated carbocycles. The number of rotatable bonds is 2. The molecular formula is C14H16N2O2. The summed E-state index contributed by atoms with van der Waals surface area (Å²) in [4.78, 5) is 14.2. The molecule has 1 heterocycles. The summed E-state index contributed by atoms with van der Waals surface area (Å²) in [5.41, 5.74) is 1.29. The molecule has 0 atom stereocenters. The molecule has 0 unspecified atom stereocenters. The van der Waals surface area contributed by atoms with Gasteiger partial charge in [-0.1, -0.05) is 41.9 Å². The lowest BCUT2D eigenvalue weighted by atomic mass is 9.66. The summed E-state index contributed by atoms with van der Waals surface area (Å²) in [6.07, 6.45) is 2.71. The number of amides is 1. The van der Waals surface area contributed by atoms with Crippen molar-refractivity contribution in [1.29, 1.82) is 0 Å². The fourth-order valence-electron chi connectivity index (χ4n) is 2.92. The summed E-state index contributed by atoms with van der Waals surface area (Å²) in [7, 11) is 0. The van der Waals surface area contributed by atoms with E-state index in [4.69, 9.17) is 5.21 Å². The molecule has 1 amide bonds. The number of likely N-dealkylation sites (tertiary alicyclic amines) is 1. The van der Waals surface area contributed by atoms with Crippen LogP contribution in [0.15, 0.2) is 35.5 Å². The molecule has 0 radical (unpaired) electrons. The minimum absolute atomic E-state index is 0.130. The highest BCUT2D eigenvalue weighted by Crippen LogP contribution is 2.47. The van der Waals surface area contributed by atoms with Crippen LogP contribution < -0.4 is 0 Å². The minimum Gasteiger partial charge on any atom is -0.411 e. The number of hydrogen-bond acceptors (Lipinski definition) is 3. The van der Waals surface area contributed by atoms with Crippen molar-refractivity contribution < 1.29 is 10.0 Å². The smallest absolute Gasteiger partial charge is 0.235 e. The molecule has 1 saturated heterocycles. The largest absolute Gasteiger partial charge is 0.411 e. The van der Waals surface area contributed by atoms with Crippen molar-refractivity contribution >= 4 is 11.6 Å². The van der Waals surface area contributed by atoms with Gasteiger partial charge in [-0.3, -0.25) is 4.79 Å². The van der Waals surface area contributed by atoms with Crippen LogP contribution in [0, 0.1) is 5.41 Å². The van der Waals surface area contributed by atoms with E-state index in [1.165, 1.54) is 0 Å². The van der Waals surface area contributed by atoms with Crippen LogP contribution in [-0.2, 0) is 11.3 Å². The third kappa shape index (κ3) is 1.52. The Bertz CT molecular complexity index is 492. The third-order valence-corrected chi connectivity index (χ3v) is 4.13. The molecule has 1 N–H and O–H groups in total. The Balaban J connectivity index is 1.81. The second kappa shape index (κ2) is 4.12. The Morgan fingerprint density at radius 2 is 2.00 bits per heavy atom. The van der Waals surface area contributed by atoms with Crippen LogP contribution >= 0.6 is 0 Å². The molecule has 1 aliphatic carbocycles. The molecule has 2 aliphatic rings. The van der Waals surface area contributed by atoms with Gasteiger partial charge in [-0.15, -0.1) is 0 Å². The van der Waals surface area contributed by atoms with Gasteiger partial charge in [0.25, 0.3) is 0 Å². The van der Waals surface area contributed by atoms with Crippen LogP contribution in [-0.4, -0.2) is 28.3 Å². The molecule has 1 aromatic rings. The quantitative estimate of drug-likeness (QED) is 0.639. The fraction of sp³-hybridized carbons (Fsp3) is 0.429. The maximum absolute atomic E-state index is 12.4. The first-order chi connectivity index (χ1) is 8.76. The van der Waals surface area contributed by atoms with Crippen LogP contribution in [0.3, 0.4) is 0 Å². The van der Waals surface area contributed by atoms with Crippen LogP contribution in [0.25, 0.3) is 0 Å². The molecule has 0 bridgehead atoms. The summed E-state index contributed by atoms with van der Waals surface area (Å²) in [6.45, 7) is 1.06. The highest BCUT2D eigenvalue weighted by atomic mass is 16.4. The molecule has 1 spiro atoms. The minimum atomic E-state index is -0.469. The summed E-state index contributed by atoms with van der Waals surface area (Å²) in [5, 5.41) is 12.4. The van der Waals surface area contributed by atoms with Crippen molar-refractivity contribution in [2.24, 2.45) is 10.6 Å². The molecule has 3 rings (SSSR count). The zero-order valence-corrected chi connectivity index (χ0v) is 10.2. The topological polar surface area (TPSA) is 52.9 Å². The Morgan fingerprint density at radius 1 is 1.28 bits per heavy atom. The van der Waals surface area contributed by atoms with Crippen molar-refractivity contribution in [2.75, 3.05) is 6.54 Å². The second-order valence-electron chi connectivity index (χ2n) is 5.13. The second-order valence-corrected chi connectivity index (χ2v) is 5.13. The molecule has 1 aromatic carbocycles. The van der Waals surface area contributed by atoms with Crippen molar-refractivity contribution in [2.45, 2.75) is 25.8 Å². The first-order valence-corrected chi connectivity index (χ1v) is 6.31. The molecule has 2 fully saturated rings. The number of benzene rings is 1. The summed E-state index contributed by atoms with van der Waals surface area (Å²) < 4.78 is 0. The Morgan fingerprint density at radius 3 is 2.50 bits per heavy atom. The zero-order valence-electron chi connectivity index (χ0n) is 10.2. The van der Waals surface area contributed by atoms with Crippen molar-refractivity contribution in [3.63, 3.8) is 0 Å². The Kier molecular flexibility index (Phi) is 2.58. The van der Waals surface area contributed by atoms with E-state index in [2.05, 4.69) is 5.16 Å². The van der Waals surface area contributed by atoms with Gasteiger partial charge in [-0.05, 0) is 18.4 Å². The van der Waals surface area contributed by atoms with E-state index in [-0.39, 0.29) is 5.91 Å². The average molecular weight is 244 g/mol. The van der Waals surface area contributed by atoms with Crippen LogP contribution in [0.2, 0.25) is 0 Å². The number of carbonyl (C=O) groups excluding carboxylic acids is 1. The van der Waals surface area contributed by atoms with Gasteiger partial charge < -0.3 is 10.1 Å². The van der Waals surface area contributed by atoms with E-state index in [0.29, 0.717) is 18.8 Å². The zero-order chi connectivity index (χ0) is 12.6. The Hall–Kier alpha value is -1.84. The average Bonchev–Trinajstić information content (AvgIpc) is 2.63. The van der Waals surface area contributed by atoms with E-state index in [0.717, 1.165) is 24.8 Å². The van der Waals surface area contributed by atoms with E-state index in [9.17, 15) is 4.79 Å². The molecule has 4 nitrogen and oxygen atoms in total. The maximum Gasteiger partial charge on any atom is 0.235 e. The van der Waals surface area contributed by atoms with Gasteiger partial charge in [0.15, 0.2) is 0 Å². The first kappa shape index (κ1) is 11.3. The SMILES string of the molecule is O=C1N(Cc2ccccc2)C/C(=N\O)C12CCC2. The number of oxime groups is 1. The number of carbonyl (C=O) groups is 1. The van der Waals surface area contributed by atoms with Gasteiger partial charge in [0, 0.05) is 6.54 Å². The van der Waals surface area contributed by atoms with E-state index >= 15 is 0 Å². The molecule has 18 heavy (non-hydrogen) atoms. The van der Waals surface area contributed by atoms with Gasteiger partial charge >= 0.3 is 0 Å².